The number of nitrogens with zero attached hydrogens (tertiary/aromatic N) is 3. The van der Waals surface area contributed by atoms with Crippen LogP contribution in [0.3, 0.4) is 0 Å². The van der Waals surface area contributed by atoms with Crippen molar-refractivity contribution in [1.29, 1.82) is 0 Å². The molecule has 1 amide bonds. The molecule has 0 spiro atoms. The topological polar surface area (TPSA) is 75.8 Å². The molecule has 0 bridgehead atoms. The zero-order valence-electron chi connectivity index (χ0n) is 19.0. The number of guanidine groups is 1. The Morgan fingerprint density at radius 1 is 1.19 bits per heavy atom. The molecule has 1 aliphatic heterocycles. The van der Waals surface area contributed by atoms with Crippen LogP contribution in [0.15, 0.2) is 35.5 Å². The molecule has 1 aliphatic rings. The van der Waals surface area contributed by atoms with E-state index in [-0.39, 0.29) is 35.9 Å². The van der Waals surface area contributed by atoms with E-state index in [0.29, 0.717) is 6.54 Å². The second kappa shape index (κ2) is 12.9. The lowest BCUT2D eigenvalue weighted by atomic mass is 10.1. The van der Waals surface area contributed by atoms with E-state index in [1.807, 2.05) is 13.8 Å². The number of para-hydroxylation sites is 1. The molecule has 3 rings (SSSR count). The Hall–Kier alpha value is -1.81. The van der Waals surface area contributed by atoms with Crippen LogP contribution in [0.2, 0.25) is 0 Å². The normalized spacial score (nSPS) is 15.2. The minimum absolute atomic E-state index is 0. The number of H-pyrrole nitrogens is 1. The van der Waals surface area contributed by atoms with E-state index in [0.717, 1.165) is 58.1 Å². The number of hydrogen-bond acceptors (Lipinski definition) is 3. The minimum Gasteiger partial charge on any atom is -0.361 e. The second-order valence-electron chi connectivity index (χ2n) is 8.18. The molecule has 1 fully saturated rings. The van der Waals surface area contributed by atoms with Crippen LogP contribution in [-0.2, 0) is 11.2 Å². The van der Waals surface area contributed by atoms with E-state index < -0.39 is 0 Å². The number of fused-ring (bicyclic) bond motifs is 1. The average molecular weight is 540 g/mol. The van der Waals surface area contributed by atoms with Crippen molar-refractivity contribution < 1.29 is 4.79 Å². The number of carbonyl (C=O) groups is 1. The molecule has 0 aliphatic carbocycles. The fourth-order valence-corrected chi connectivity index (χ4v) is 3.91. The van der Waals surface area contributed by atoms with Gasteiger partial charge in [0.15, 0.2) is 5.96 Å². The monoisotopic (exact) mass is 540 g/mol. The van der Waals surface area contributed by atoms with Gasteiger partial charge in [0.1, 0.15) is 0 Å². The maximum absolute atomic E-state index is 12.0. The summed E-state index contributed by atoms with van der Waals surface area (Å²) in [4.78, 5) is 24.7. The smallest absolute Gasteiger partial charge is 0.234 e. The third-order valence-electron chi connectivity index (χ3n) is 5.36. The van der Waals surface area contributed by atoms with Crippen LogP contribution in [0, 0.1) is 0 Å². The van der Waals surface area contributed by atoms with Gasteiger partial charge in [0.05, 0.1) is 6.54 Å². The fraction of sp³-hybridized carbons (Fsp3) is 0.565. The Balaban J connectivity index is 0.00000341. The predicted molar refractivity (Wildman–Crippen MR) is 139 cm³/mol. The van der Waals surface area contributed by atoms with Crippen LogP contribution in [0.4, 0.5) is 0 Å². The summed E-state index contributed by atoms with van der Waals surface area (Å²) in [6.45, 7) is 11.8. The lowest BCUT2D eigenvalue weighted by Crippen LogP contribution is -2.54. The lowest BCUT2D eigenvalue weighted by Gasteiger charge is -2.36. The van der Waals surface area contributed by atoms with E-state index in [2.05, 4.69) is 62.8 Å². The summed E-state index contributed by atoms with van der Waals surface area (Å²) in [5, 5.41) is 7.71. The first-order valence-electron chi connectivity index (χ1n) is 11.2. The first-order valence-corrected chi connectivity index (χ1v) is 11.2. The maximum Gasteiger partial charge on any atom is 0.234 e. The summed E-state index contributed by atoms with van der Waals surface area (Å²) >= 11 is 0. The van der Waals surface area contributed by atoms with Crippen molar-refractivity contribution in [2.75, 3.05) is 45.8 Å². The van der Waals surface area contributed by atoms with E-state index in [9.17, 15) is 4.79 Å². The molecule has 172 valence electrons. The van der Waals surface area contributed by atoms with Gasteiger partial charge in [-0.15, -0.1) is 24.0 Å². The van der Waals surface area contributed by atoms with Crippen LogP contribution < -0.4 is 10.6 Å². The highest BCUT2D eigenvalue weighted by atomic mass is 127. The first kappa shape index (κ1) is 25.5. The van der Waals surface area contributed by atoms with Gasteiger partial charge in [0, 0.05) is 62.4 Å². The van der Waals surface area contributed by atoms with E-state index in [1.165, 1.54) is 16.5 Å². The third kappa shape index (κ3) is 7.68. The molecule has 1 aromatic heterocycles. The minimum atomic E-state index is 0. The lowest BCUT2D eigenvalue weighted by molar-refractivity contribution is -0.123. The van der Waals surface area contributed by atoms with Crippen molar-refractivity contribution in [2.24, 2.45) is 4.99 Å². The van der Waals surface area contributed by atoms with Crippen molar-refractivity contribution in [3.8, 4) is 0 Å². The number of hydrogen-bond donors (Lipinski definition) is 3. The largest absolute Gasteiger partial charge is 0.361 e. The van der Waals surface area contributed by atoms with Gasteiger partial charge in [-0.05, 0) is 45.2 Å². The first-order chi connectivity index (χ1) is 14.6. The van der Waals surface area contributed by atoms with E-state index in [4.69, 9.17) is 4.99 Å². The van der Waals surface area contributed by atoms with Gasteiger partial charge in [0.2, 0.25) is 5.91 Å². The number of rotatable bonds is 8. The average Bonchev–Trinajstić information content (AvgIpc) is 3.13. The van der Waals surface area contributed by atoms with Crippen LogP contribution >= 0.6 is 24.0 Å². The molecule has 1 saturated heterocycles. The fourth-order valence-electron chi connectivity index (χ4n) is 3.91. The zero-order chi connectivity index (χ0) is 21.3. The SMILES string of the molecule is CCNC(=NCCCc1c[nH]c2ccccc12)N1CCN(CC(=O)NC(C)C)CC1.I. The molecule has 0 radical (unpaired) electrons. The summed E-state index contributed by atoms with van der Waals surface area (Å²) in [5.74, 6) is 1.10. The molecule has 0 unspecified atom stereocenters. The van der Waals surface area contributed by atoms with Crippen LogP contribution in [0.1, 0.15) is 32.8 Å². The number of aromatic amines is 1. The molecule has 1 aromatic carbocycles. The number of carbonyl (C=O) groups excluding carboxylic acids is 1. The van der Waals surface area contributed by atoms with Gasteiger partial charge in [-0.2, -0.15) is 0 Å². The number of nitrogens with one attached hydrogen (secondary N) is 3. The highest BCUT2D eigenvalue weighted by molar-refractivity contribution is 14.0. The second-order valence-corrected chi connectivity index (χ2v) is 8.18. The van der Waals surface area contributed by atoms with Crippen molar-refractivity contribution >= 4 is 46.7 Å². The Morgan fingerprint density at radius 2 is 1.94 bits per heavy atom. The molecule has 2 heterocycles. The predicted octanol–water partition coefficient (Wildman–Crippen LogP) is 2.83. The Morgan fingerprint density at radius 3 is 2.65 bits per heavy atom. The Bertz CT molecular complexity index is 841. The molecule has 31 heavy (non-hydrogen) atoms. The van der Waals surface area contributed by atoms with Crippen molar-refractivity contribution in [3.63, 3.8) is 0 Å². The number of piperazine rings is 1. The van der Waals surface area contributed by atoms with Crippen LogP contribution in [-0.4, -0.2) is 78.5 Å². The summed E-state index contributed by atoms with van der Waals surface area (Å²) in [6, 6.07) is 8.64. The number of aryl methyl sites for hydroxylation is 1. The van der Waals surface area contributed by atoms with E-state index >= 15 is 0 Å². The molecular weight excluding hydrogens is 503 g/mol. The summed E-state index contributed by atoms with van der Waals surface area (Å²) in [5.41, 5.74) is 2.56. The highest BCUT2D eigenvalue weighted by Crippen LogP contribution is 2.18. The standard InChI is InChI=1S/C23H36N6O.HI/c1-4-24-23(29-14-12-28(13-15-29)17-22(30)27-18(2)3)25-11-7-8-19-16-26-21-10-6-5-9-20(19)21;/h5-6,9-10,16,18,26H,4,7-8,11-15,17H2,1-3H3,(H,24,25)(H,27,30);1H. The summed E-state index contributed by atoms with van der Waals surface area (Å²) < 4.78 is 0. The zero-order valence-corrected chi connectivity index (χ0v) is 21.3. The van der Waals surface area contributed by atoms with E-state index in [1.54, 1.807) is 0 Å². The van der Waals surface area contributed by atoms with Crippen molar-refractivity contribution in [2.45, 2.75) is 39.7 Å². The molecule has 2 aromatic rings. The van der Waals surface area contributed by atoms with Gasteiger partial charge in [-0.1, -0.05) is 18.2 Å². The summed E-state index contributed by atoms with van der Waals surface area (Å²) in [6.07, 6.45) is 4.16. The number of aromatic nitrogens is 1. The number of amides is 1. The van der Waals surface area contributed by atoms with Gasteiger partial charge in [-0.25, -0.2) is 0 Å². The Kier molecular flexibility index (Phi) is 10.6. The van der Waals surface area contributed by atoms with Gasteiger partial charge >= 0.3 is 0 Å². The quantitative estimate of drug-likeness (QED) is 0.209. The van der Waals surface area contributed by atoms with Crippen LogP contribution in [0.25, 0.3) is 10.9 Å². The van der Waals surface area contributed by atoms with Crippen molar-refractivity contribution in [1.82, 2.24) is 25.4 Å². The molecule has 7 nitrogen and oxygen atoms in total. The van der Waals surface area contributed by atoms with Crippen molar-refractivity contribution in [3.05, 3.63) is 36.0 Å². The Labute approximate surface area is 203 Å². The van der Waals surface area contributed by atoms with Gasteiger partial charge in [-0.3, -0.25) is 14.7 Å². The molecular formula is C23H37IN6O. The maximum atomic E-state index is 12.0. The van der Waals surface area contributed by atoms with Gasteiger partial charge in [0.25, 0.3) is 0 Å². The number of halogens is 1. The molecule has 0 atom stereocenters. The molecule has 8 heteroatoms. The van der Waals surface area contributed by atoms with Crippen LogP contribution in [0.5, 0.6) is 0 Å². The van der Waals surface area contributed by atoms with Gasteiger partial charge < -0.3 is 20.5 Å². The third-order valence-corrected chi connectivity index (χ3v) is 5.36. The molecule has 0 saturated carbocycles. The highest BCUT2D eigenvalue weighted by Gasteiger charge is 2.21. The molecule has 3 N–H and O–H groups in total. The summed E-state index contributed by atoms with van der Waals surface area (Å²) in [7, 11) is 0. The number of aliphatic imine (C=N–C) groups is 1. The number of benzene rings is 1.